The second-order valence-corrected chi connectivity index (χ2v) is 2.91. The van der Waals surface area contributed by atoms with E-state index in [1.54, 1.807) is 6.08 Å². The van der Waals surface area contributed by atoms with Crippen molar-refractivity contribution in [2.45, 2.75) is 20.8 Å². The molecular weight excluding hydrogens is 158 g/mol. The quantitative estimate of drug-likeness (QED) is 0.566. The molecule has 0 amide bonds. The van der Waals surface area contributed by atoms with Crippen molar-refractivity contribution in [3.8, 4) is 0 Å². The predicted octanol–water partition coefficient (Wildman–Crippen LogP) is 3.93. The third kappa shape index (κ3) is 4.83. The van der Waals surface area contributed by atoms with Gasteiger partial charge >= 0.3 is 0 Å². The normalized spacial score (nSPS) is 14.8. The molecule has 0 saturated heterocycles. The van der Waals surface area contributed by atoms with E-state index >= 15 is 0 Å². The molecule has 0 rings (SSSR count). The maximum Gasteiger partial charge on any atom is 0.125 e. The van der Waals surface area contributed by atoms with Gasteiger partial charge in [0.2, 0.25) is 0 Å². The highest BCUT2D eigenvalue weighted by Crippen LogP contribution is 2.09. The smallest absolute Gasteiger partial charge is 0.125 e. The fraction of sp³-hybridized carbons (Fsp3) is 0.400. The molecule has 0 N–H and O–H groups in total. The fourth-order valence-corrected chi connectivity index (χ4v) is 0.519. The van der Waals surface area contributed by atoms with Crippen LogP contribution in [0.25, 0.3) is 0 Å². The molecule has 0 atom stereocenters. The lowest BCUT2D eigenvalue weighted by Gasteiger charge is -2.01. The summed E-state index contributed by atoms with van der Waals surface area (Å²) in [5, 5.41) is 0. The van der Waals surface area contributed by atoms with Gasteiger partial charge in [0.15, 0.2) is 0 Å². The lowest BCUT2D eigenvalue weighted by Crippen LogP contribution is -1.86. The van der Waals surface area contributed by atoms with Crippen LogP contribution in [0.5, 0.6) is 0 Å². The molecular formula is C10H14F2. The first kappa shape index (κ1) is 11.1. The molecule has 0 radical (unpaired) electrons. The number of rotatable bonds is 3. The molecule has 0 unspecified atom stereocenters. The van der Waals surface area contributed by atoms with Gasteiger partial charge < -0.3 is 0 Å². The first-order valence-corrected chi connectivity index (χ1v) is 3.88. The minimum absolute atomic E-state index is 0.185. The van der Waals surface area contributed by atoms with E-state index in [1.807, 2.05) is 20.8 Å². The van der Waals surface area contributed by atoms with Crippen LogP contribution in [0.1, 0.15) is 20.8 Å². The Morgan fingerprint density at radius 1 is 1.25 bits per heavy atom. The summed E-state index contributed by atoms with van der Waals surface area (Å²) in [5.41, 5.74) is 1.07. The summed E-state index contributed by atoms with van der Waals surface area (Å²) in [5.74, 6) is -0.180. The summed E-state index contributed by atoms with van der Waals surface area (Å²) < 4.78 is 24.0. The topological polar surface area (TPSA) is 0 Å². The van der Waals surface area contributed by atoms with Crippen LogP contribution in [0.15, 0.2) is 36.0 Å². The zero-order chi connectivity index (χ0) is 9.56. The Bertz CT molecular complexity index is 210. The summed E-state index contributed by atoms with van der Waals surface area (Å²) in [6, 6.07) is 0. The van der Waals surface area contributed by atoms with Crippen LogP contribution in [0.4, 0.5) is 8.78 Å². The molecule has 0 aromatic rings. The van der Waals surface area contributed by atoms with Crippen LogP contribution in [0.3, 0.4) is 0 Å². The van der Waals surface area contributed by atoms with Crippen LogP contribution < -0.4 is 0 Å². The van der Waals surface area contributed by atoms with Gasteiger partial charge in [0.05, 0.1) is 6.33 Å². The highest BCUT2D eigenvalue weighted by Gasteiger charge is 1.93. The van der Waals surface area contributed by atoms with E-state index in [4.69, 9.17) is 0 Å². The highest BCUT2D eigenvalue weighted by atomic mass is 19.1. The van der Waals surface area contributed by atoms with Crippen LogP contribution in [-0.4, -0.2) is 0 Å². The molecule has 0 heterocycles. The van der Waals surface area contributed by atoms with Crippen LogP contribution in [-0.2, 0) is 0 Å². The second-order valence-electron chi connectivity index (χ2n) is 2.91. The maximum atomic E-state index is 12.5. The average molecular weight is 172 g/mol. The Morgan fingerprint density at radius 3 is 2.25 bits per heavy atom. The molecule has 12 heavy (non-hydrogen) atoms. The van der Waals surface area contributed by atoms with Crippen molar-refractivity contribution < 1.29 is 8.78 Å². The van der Waals surface area contributed by atoms with Crippen molar-refractivity contribution in [1.29, 1.82) is 0 Å². The molecule has 0 saturated carbocycles. The summed E-state index contributed by atoms with van der Waals surface area (Å²) in [7, 11) is 0. The zero-order valence-electron chi connectivity index (χ0n) is 7.64. The van der Waals surface area contributed by atoms with E-state index in [1.165, 1.54) is 6.08 Å². The molecule has 0 spiro atoms. The van der Waals surface area contributed by atoms with Gasteiger partial charge in [0.1, 0.15) is 5.83 Å². The number of hydrogen-bond acceptors (Lipinski definition) is 0. The monoisotopic (exact) mass is 172 g/mol. The molecule has 0 fully saturated rings. The summed E-state index contributed by atoms with van der Waals surface area (Å²) >= 11 is 0. The van der Waals surface area contributed by atoms with Crippen molar-refractivity contribution in [2.75, 3.05) is 0 Å². The maximum absolute atomic E-state index is 12.5. The molecule has 0 bridgehead atoms. The Balaban J connectivity index is 4.27. The van der Waals surface area contributed by atoms with Gasteiger partial charge in [0.25, 0.3) is 0 Å². The molecule has 68 valence electrons. The van der Waals surface area contributed by atoms with Gasteiger partial charge in [-0.25, -0.2) is 8.78 Å². The Kier molecular flexibility index (Phi) is 5.26. The summed E-state index contributed by atoms with van der Waals surface area (Å²) in [6.45, 7) is 5.94. The fourth-order valence-electron chi connectivity index (χ4n) is 0.519. The number of allylic oxidation sites excluding steroid dienone is 5. The van der Waals surface area contributed by atoms with Crippen LogP contribution in [0.2, 0.25) is 0 Å². The molecule has 2 heteroatoms. The highest BCUT2D eigenvalue weighted by molar-refractivity contribution is 5.20. The molecule has 0 aliphatic rings. The van der Waals surface area contributed by atoms with Gasteiger partial charge in [-0.05, 0) is 18.9 Å². The third-order valence-electron chi connectivity index (χ3n) is 1.64. The standard InChI is InChI=1S/C10H14F2/c1-8(2)9(3)4-5-10(12)6-7-11/h4-8H,1-3H3/b7-6+,9-4+,10-5+. The van der Waals surface area contributed by atoms with E-state index in [2.05, 4.69) is 0 Å². The molecule has 0 aromatic carbocycles. The van der Waals surface area contributed by atoms with E-state index in [0.29, 0.717) is 5.92 Å². The first-order chi connectivity index (χ1) is 5.57. The van der Waals surface area contributed by atoms with Gasteiger partial charge in [-0.15, -0.1) is 0 Å². The van der Waals surface area contributed by atoms with Gasteiger partial charge in [-0.3, -0.25) is 0 Å². The van der Waals surface area contributed by atoms with Crippen molar-refractivity contribution in [1.82, 2.24) is 0 Å². The van der Waals surface area contributed by atoms with Gasteiger partial charge in [-0.1, -0.05) is 25.5 Å². The van der Waals surface area contributed by atoms with Crippen LogP contribution >= 0.6 is 0 Å². The Morgan fingerprint density at radius 2 is 1.83 bits per heavy atom. The van der Waals surface area contributed by atoms with Crippen molar-refractivity contribution in [3.05, 3.63) is 36.0 Å². The summed E-state index contributed by atoms with van der Waals surface area (Å²) in [6.07, 6.45) is 3.87. The van der Waals surface area contributed by atoms with Gasteiger partial charge in [0, 0.05) is 6.08 Å². The number of hydrogen-bond donors (Lipinski definition) is 0. The third-order valence-corrected chi connectivity index (χ3v) is 1.64. The lowest BCUT2D eigenvalue weighted by molar-refractivity contribution is 0.651. The van der Waals surface area contributed by atoms with E-state index in [9.17, 15) is 8.78 Å². The minimum atomic E-state index is -0.572. The van der Waals surface area contributed by atoms with E-state index in [0.717, 1.165) is 11.6 Å². The molecule has 0 aliphatic heterocycles. The lowest BCUT2D eigenvalue weighted by atomic mass is 10.1. The minimum Gasteiger partial charge on any atom is -0.215 e. The average Bonchev–Trinajstić information content (AvgIpc) is 2.00. The molecule has 0 aromatic heterocycles. The SMILES string of the molecule is C\C(=C/C=C(F)\C=C\F)C(C)C. The first-order valence-electron chi connectivity index (χ1n) is 3.88. The Hall–Kier alpha value is -0.920. The van der Waals surface area contributed by atoms with E-state index < -0.39 is 5.83 Å². The largest absolute Gasteiger partial charge is 0.215 e. The second kappa shape index (κ2) is 5.70. The Labute approximate surface area is 72.3 Å². The van der Waals surface area contributed by atoms with E-state index in [-0.39, 0.29) is 6.33 Å². The molecule has 0 nitrogen and oxygen atoms in total. The van der Waals surface area contributed by atoms with Crippen molar-refractivity contribution in [3.63, 3.8) is 0 Å². The predicted molar refractivity (Wildman–Crippen MR) is 48.0 cm³/mol. The zero-order valence-corrected chi connectivity index (χ0v) is 7.64. The molecule has 0 aliphatic carbocycles. The van der Waals surface area contributed by atoms with Crippen molar-refractivity contribution >= 4 is 0 Å². The number of halogens is 2. The van der Waals surface area contributed by atoms with Crippen molar-refractivity contribution in [2.24, 2.45) is 5.92 Å². The summed E-state index contributed by atoms with van der Waals surface area (Å²) in [4.78, 5) is 0. The van der Waals surface area contributed by atoms with Crippen LogP contribution in [0, 0.1) is 5.92 Å². The van der Waals surface area contributed by atoms with Gasteiger partial charge in [-0.2, -0.15) is 0 Å².